The Kier molecular flexibility index (Phi) is 2.44. The molecule has 5 nitrogen and oxygen atoms in total. The summed E-state index contributed by atoms with van der Waals surface area (Å²) in [5.74, 6) is 0.491. The minimum atomic E-state index is 0.491. The number of hydrogen-bond acceptors (Lipinski definition) is 5. The van der Waals surface area contributed by atoms with E-state index in [-0.39, 0.29) is 0 Å². The van der Waals surface area contributed by atoms with Gasteiger partial charge in [-0.1, -0.05) is 5.16 Å². The van der Waals surface area contributed by atoms with Crippen molar-refractivity contribution in [2.24, 2.45) is 0 Å². The van der Waals surface area contributed by atoms with Crippen LogP contribution in [0.1, 0.15) is 11.4 Å². The molecule has 0 radical (unpaired) electrons. The first-order chi connectivity index (χ1) is 6.66. The van der Waals surface area contributed by atoms with Crippen LogP contribution in [0, 0.1) is 17.7 Å². The van der Waals surface area contributed by atoms with E-state index in [9.17, 15) is 0 Å². The van der Waals surface area contributed by atoms with Gasteiger partial charge < -0.3 is 4.52 Å². The molecule has 2 rings (SSSR count). The Hall–Kier alpha value is -1.05. The van der Waals surface area contributed by atoms with Crippen LogP contribution in [-0.4, -0.2) is 20.3 Å². The maximum atomic E-state index is 5.05. The molecule has 0 aromatic carbocycles. The summed E-state index contributed by atoms with van der Waals surface area (Å²) in [6.45, 7) is 3.73. The van der Waals surface area contributed by atoms with Gasteiger partial charge in [0.15, 0.2) is 0 Å². The van der Waals surface area contributed by atoms with Gasteiger partial charge in [-0.2, -0.15) is 15.2 Å². The van der Waals surface area contributed by atoms with E-state index in [0.29, 0.717) is 9.72 Å². The fourth-order valence-electron chi connectivity index (χ4n) is 1.08. The Morgan fingerprint density at radius 2 is 2.07 bits per heavy atom. The van der Waals surface area contributed by atoms with Crippen molar-refractivity contribution in [2.45, 2.75) is 13.8 Å². The van der Waals surface area contributed by atoms with Gasteiger partial charge in [-0.25, -0.2) is 0 Å². The molecule has 0 spiro atoms. The molecule has 0 N–H and O–H groups in total. The molecule has 2 aromatic heterocycles. The second-order valence-corrected chi connectivity index (χ2v) is 3.82. The van der Waals surface area contributed by atoms with Crippen LogP contribution in [-0.2, 0) is 0 Å². The van der Waals surface area contributed by atoms with Gasteiger partial charge in [0, 0.05) is 22.6 Å². The highest BCUT2D eigenvalue weighted by atomic mass is 127. The van der Waals surface area contributed by atoms with Crippen molar-refractivity contribution in [1.82, 2.24) is 20.3 Å². The molecule has 0 saturated heterocycles. The largest absolute Gasteiger partial charge is 0.333 e. The molecule has 0 aliphatic heterocycles. The molecule has 0 aliphatic rings. The maximum Gasteiger partial charge on any atom is 0.260 e. The maximum absolute atomic E-state index is 5.05. The van der Waals surface area contributed by atoms with Gasteiger partial charge in [-0.3, -0.25) is 0 Å². The van der Waals surface area contributed by atoms with Crippen LogP contribution in [0.15, 0.2) is 10.6 Å². The quantitative estimate of drug-likeness (QED) is 0.751. The first-order valence-corrected chi connectivity index (χ1v) is 5.05. The highest BCUT2D eigenvalue weighted by Crippen LogP contribution is 2.20. The minimum Gasteiger partial charge on any atom is -0.333 e. The van der Waals surface area contributed by atoms with Crippen LogP contribution in [0.5, 0.6) is 0 Å². The summed E-state index contributed by atoms with van der Waals surface area (Å²) < 4.78 is 5.64. The van der Waals surface area contributed by atoms with Gasteiger partial charge in [0.25, 0.3) is 5.89 Å². The van der Waals surface area contributed by atoms with Crippen LogP contribution in [0.2, 0.25) is 0 Å². The smallest absolute Gasteiger partial charge is 0.260 e. The molecule has 0 aliphatic carbocycles. The first-order valence-electron chi connectivity index (χ1n) is 3.97. The fourth-order valence-corrected chi connectivity index (χ4v) is 1.40. The summed E-state index contributed by atoms with van der Waals surface area (Å²) in [6.07, 6.45) is 0. The van der Waals surface area contributed by atoms with E-state index in [0.717, 1.165) is 17.0 Å². The molecule has 0 bridgehead atoms. The Morgan fingerprint density at radius 3 is 2.71 bits per heavy atom. The average molecular weight is 302 g/mol. The lowest BCUT2D eigenvalue weighted by Crippen LogP contribution is -1.93. The second kappa shape index (κ2) is 3.60. The van der Waals surface area contributed by atoms with Crippen molar-refractivity contribution >= 4 is 22.6 Å². The Labute approximate surface area is 94.1 Å². The number of aromatic nitrogens is 4. The number of nitrogens with zero attached hydrogens (tertiary/aromatic N) is 4. The zero-order valence-electron chi connectivity index (χ0n) is 7.65. The SMILES string of the molecule is Cc1cc(-c2nc(I)no2)c(C)nn1. The van der Waals surface area contributed by atoms with E-state index in [2.05, 4.69) is 20.3 Å². The van der Waals surface area contributed by atoms with Crippen molar-refractivity contribution in [3.05, 3.63) is 21.3 Å². The monoisotopic (exact) mass is 302 g/mol. The molecule has 0 atom stereocenters. The third-order valence-corrected chi connectivity index (χ3v) is 2.17. The van der Waals surface area contributed by atoms with Crippen LogP contribution in [0.3, 0.4) is 0 Å². The van der Waals surface area contributed by atoms with E-state index in [4.69, 9.17) is 4.52 Å². The minimum absolute atomic E-state index is 0.491. The van der Waals surface area contributed by atoms with Crippen molar-refractivity contribution < 1.29 is 4.52 Å². The van der Waals surface area contributed by atoms with E-state index in [1.807, 2.05) is 42.5 Å². The summed E-state index contributed by atoms with van der Waals surface area (Å²) in [7, 11) is 0. The lowest BCUT2D eigenvalue weighted by Gasteiger charge is -1.98. The third-order valence-electron chi connectivity index (χ3n) is 1.73. The molecular formula is C8H7IN4O. The predicted octanol–water partition coefficient (Wildman–Crippen LogP) is 1.75. The Bertz CT molecular complexity index is 468. The first kappa shape index (κ1) is 9.50. The van der Waals surface area contributed by atoms with Crippen LogP contribution in [0.25, 0.3) is 11.5 Å². The van der Waals surface area contributed by atoms with Gasteiger partial charge in [-0.05, 0) is 19.9 Å². The van der Waals surface area contributed by atoms with Crippen molar-refractivity contribution in [3.63, 3.8) is 0 Å². The number of aryl methyl sites for hydroxylation is 2. The average Bonchev–Trinajstić information content (AvgIpc) is 2.56. The van der Waals surface area contributed by atoms with Crippen LogP contribution < -0.4 is 0 Å². The predicted molar refractivity (Wildman–Crippen MR) is 57.5 cm³/mol. The van der Waals surface area contributed by atoms with E-state index in [1.54, 1.807) is 0 Å². The number of halogens is 1. The standard InChI is InChI=1S/C8H7IN4O/c1-4-3-6(5(2)12-11-4)7-10-8(9)13-14-7/h3H,1-2H3. The molecule has 14 heavy (non-hydrogen) atoms. The van der Waals surface area contributed by atoms with E-state index < -0.39 is 0 Å². The van der Waals surface area contributed by atoms with Gasteiger partial charge in [0.05, 0.1) is 17.0 Å². The normalized spacial score (nSPS) is 10.5. The molecule has 2 heterocycles. The Morgan fingerprint density at radius 1 is 1.29 bits per heavy atom. The topological polar surface area (TPSA) is 64.7 Å². The zero-order chi connectivity index (χ0) is 10.1. The molecule has 72 valence electrons. The molecule has 0 fully saturated rings. The van der Waals surface area contributed by atoms with Crippen molar-refractivity contribution in [2.75, 3.05) is 0 Å². The summed E-state index contributed by atoms with van der Waals surface area (Å²) in [5, 5.41) is 11.6. The molecular weight excluding hydrogens is 295 g/mol. The zero-order valence-corrected chi connectivity index (χ0v) is 9.81. The third kappa shape index (κ3) is 1.74. The molecule has 0 unspecified atom stereocenters. The van der Waals surface area contributed by atoms with Gasteiger partial charge >= 0.3 is 0 Å². The Balaban J connectivity index is 2.55. The summed E-state index contributed by atoms with van der Waals surface area (Å²) in [4.78, 5) is 4.12. The van der Waals surface area contributed by atoms with Crippen LogP contribution in [0.4, 0.5) is 0 Å². The van der Waals surface area contributed by atoms with Crippen molar-refractivity contribution in [1.29, 1.82) is 0 Å². The molecule has 0 amide bonds. The lowest BCUT2D eigenvalue weighted by atomic mass is 10.2. The molecule has 2 aromatic rings. The van der Waals surface area contributed by atoms with Crippen molar-refractivity contribution in [3.8, 4) is 11.5 Å². The summed E-state index contributed by atoms with van der Waals surface area (Å²) in [6, 6.07) is 1.88. The van der Waals surface area contributed by atoms with Gasteiger partial charge in [0.2, 0.25) is 3.83 Å². The van der Waals surface area contributed by atoms with Gasteiger partial charge in [-0.15, -0.1) is 0 Å². The molecule has 0 saturated carbocycles. The summed E-state index contributed by atoms with van der Waals surface area (Å²) in [5.41, 5.74) is 2.46. The highest BCUT2D eigenvalue weighted by molar-refractivity contribution is 14.1. The van der Waals surface area contributed by atoms with E-state index in [1.165, 1.54) is 0 Å². The summed E-state index contributed by atoms with van der Waals surface area (Å²) >= 11 is 2.00. The fraction of sp³-hybridized carbons (Fsp3) is 0.250. The number of rotatable bonds is 1. The highest BCUT2D eigenvalue weighted by Gasteiger charge is 2.11. The van der Waals surface area contributed by atoms with Crippen LogP contribution >= 0.6 is 22.6 Å². The van der Waals surface area contributed by atoms with E-state index >= 15 is 0 Å². The second-order valence-electron chi connectivity index (χ2n) is 2.85. The molecule has 6 heteroatoms. The lowest BCUT2D eigenvalue weighted by molar-refractivity contribution is 0.425. The van der Waals surface area contributed by atoms with Gasteiger partial charge in [0.1, 0.15) is 0 Å². The number of hydrogen-bond donors (Lipinski definition) is 0.